The van der Waals surface area contributed by atoms with Crippen LogP contribution in [0.1, 0.15) is 11.1 Å². The van der Waals surface area contributed by atoms with Gasteiger partial charge in [-0.15, -0.1) is 0 Å². The number of amides is 1. The summed E-state index contributed by atoms with van der Waals surface area (Å²) in [6.45, 7) is 1.50. The Kier molecular flexibility index (Phi) is 4.83. The highest BCUT2D eigenvalue weighted by Crippen LogP contribution is 2.31. The minimum atomic E-state index is -0.181. The Hall–Kier alpha value is -2.46. The van der Waals surface area contributed by atoms with Crippen molar-refractivity contribution in [2.75, 3.05) is 13.2 Å². The molecule has 1 heterocycles. The summed E-state index contributed by atoms with van der Waals surface area (Å²) in [5.74, 6) is 1.26. The van der Waals surface area contributed by atoms with Gasteiger partial charge in [0.2, 0.25) is 5.91 Å². The van der Waals surface area contributed by atoms with Gasteiger partial charge < -0.3 is 14.8 Å². The quantitative estimate of drug-likeness (QED) is 0.874. The Bertz CT molecular complexity index is 743. The molecular formula is C18H16ClNO3. The lowest BCUT2D eigenvalue weighted by atomic mass is 10.1. The van der Waals surface area contributed by atoms with E-state index in [1.807, 2.05) is 36.4 Å². The summed E-state index contributed by atoms with van der Waals surface area (Å²) in [6.07, 6.45) is 3.22. The van der Waals surface area contributed by atoms with E-state index in [1.165, 1.54) is 6.08 Å². The minimum absolute atomic E-state index is 0.181. The van der Waals surface area contributed by atoms with Gasteiger partial charge in [0.1, 0.15) is 13.2 Å². The number of ether oxygens (including phenoxy) is 2. The molecule has 0 atom stereocenters. The van der Waals surface area contributed by atoms with Gasteiger partial charge in [-0.05, 0) is 35.4 Å². The standard InChI is InChI=1S/C18H16ClNO3/c19-15-4-2-1-3-14(15)12-20-18(21)8-6-13-5-7-16-17(11-13)23-10-9-22-16/h1-8,11H,9-10,12H2,(H,20,21)/b8-6+. The largest absolute Gasteiger partial charge is 0.486 e. The van der Waals surface area contributed by atoms with E-state index in [9.17, 15) is 4.79 Å². The number of fused-ring (bicyclic) bond motifs is 1. The van der Waals surface area contributed by atoms with Crippen molar-refractivity contribution in [2.45, 2.75) is 6.54 Å². The number of carbonyl (C=O) groups excluding carboxylic acids is 1. The van der Waals surface area contributed by atoms with Crippen molar-refractivity contribution in [1.29, 1.82) is 0 Å². The summed E-state index contributed by atoms with van der Waals surface area (Å²) < 4.78 is 11.0. The number of nitrogens with one attached hydrogen (secondary N) is 1. The van der Waals surface area contributed by atoms with E-state index in [-0.39, 0.29) is 5.91 Å². The highest BCUT2D eigenvalue weighted by molar-refractivity contribution is 6.31. The molecule has 0 unspecified atom stereocenters. The third-order valence-electron chi connectivity index (χ3n) is 3.40. The van der Waals surface area contributed by atoms with Crippen LogP contribution >= 0.6 is 11.6 Å². The molecule has 0 bridgehead atoms. The fourth-order valence-corrected chi connectivity index (χ4v) is 2.42. The molecule has 23 heavy (non-hydrogen) atoms. The lowest BCUT2D eigenvalue weighted by Crippen LogP contribution is -2.20. The van der Waals surface area contributed by atoms with E-state index in [2.05, 4.69) is 5.32 Å². The molecule has 4 nitrogen and oxygen atoms in total. The molecule has 0 fully saturated rings. The van der Waals surface area contributed by atoms with Gasteiger partial charge in [0.25, 0.3) is 0 Å². The van der Waals surface area contributed by atoms with Crippen LogP contribution in [0, 0.1) is 0 Å². The Balaban J connectivity index is 1.59. The Morgan fingerprint density at radius 1 is 1.13 bits per heavy atom. The predicted octanol–water partition coefficient (Wildman–Crippen LogP) is 3.44. The number of halogens is 1. The van der Waals surface area contributed by atoms with Gasteiger partial charge in [0.05, 0.1) is 0 Å². The SMILES string of the molecule is O=C(/C=C/c1ccc2c(c1)OCCO2)NCc1ccccc1Cl. The van der Waals surface area contributed by atoms with Crippen molar-refractivity contribution >= 4 is 23.6 Å². The molecule has 0 saturated carbocycles. The van der Waals surface area contributed by atoms with Crippen LogP contribution in [0.2, 0.25) is 5.02 Å². The van der Waals surface area contributed by atoms with Crippen LogP contribution in [0.15, 0.2) is 48.5 Å². The Labute approximate surface area is 139 Å². The van der Waals surface area contributed by atoms with Crippen LogP contribution < -0.4 is 14.8 Å². The monoisotopic (exact) mass is 329 g/mol. The molecule has 2 aromatic carbocycles. The van der Waals surface area contributed by atoms with Crippen molar-refractivity contribution in [3.63, 3.8) is 0 Å². The molecule has 0 spiro atoms. The van der Waals surface area contributed by atoms with Gasteiger partial charge in [-0.1, -0.05) is 35.9 Å². The molecule has 1 amide bonds. The first-order chi connectivity index (χ1) is 11.2. The fourth-order valence-electron chi connectivity index (χ4n) is 2.22. The molecule has 0 saturated heterocycles. The smallest absolute Gasteiger partial charge is 0.244 e. The number of rotatable bonds is 4. The molecule has 3 rings (SSSR count). The second-order valence-corrected chi connectivity index (χ2v) is 5.45. The average Bonchev–Trinajstić information content (AvgIpc) is 2.59. The lowest BCUT2D eigenvalue weighted by Gasteiger charge is -2.18. The van der Waals surface area contributed by atoms with Gasteiger partial charge in [0, 0.05) is 17.6 Å². The van der Waals surface area contributed by atoms with E-state index in [0.717, 1.165) is 16.9 Å². The van der Waals surface area contributed by atoms with Crippen LogP contribution in [0.5, 0.6) is 11.5 Å². The van der Waals surface area contributed by atoms with Crippen LogP contribution in [-0.2, 0) is 11.3 Å². The van der Waals surface area contributed by atoms with E-state index in [0.29, 0.717) is 30.5 Å². The summed E-state index contributed by atoms with van der Waals surface area (Å²) in [5.41, 5.74) is 1.76. The summed E-state index contributed by atoms with van der Waals surface area (Å²) in [6, 6.07) is 13.0. The van der Waals surface area contributed by atoms with E-state index in [4.69, 9.17) is 21.1 Å². The molecule has 118 valence electrons. The second-order valence-electron chi connectivity index (χ2n) is 5.05. The maximum atomic E-state index is 11.9. The van der Waals surface area contributed by atoms with Crippen molar-refractivity contribution in [3.05, 3.63) is 64.7 Å². The number of carbonyl (C=O) groups is 1. The minimum Gasteiger partial charge on any atom is -0.486 e. The predicted molar refractivity (Wildman–Crippen MR) is 89.8 cm³/mol. The van der Waals surface area contributed by atoms with Crippen LogP contribution in [0.4, 0.5) is 0 Å². The molecule has 0 radical (unpaired) electrons. The third kappa shape index (κ3) is 4.05. The maximum absolute atomic E-state index is 11.9. The summed E-state index contributed by atoms with van der Waals surface area (Å²) in [4.78, 5) is 11.9. The summed E-state index contributed by atoms with van der Waals surface area (Å²) >= 11 is 6.05. The second kappa shape index (κ2) is 7.20. The van der Waals surface area contributed by atoms with Crippen molar-refractivity contribution < 1.29 is 14.3 Å². The van der Waals surface area contributed by atoms with Crippen molar-refractivity contribution in [3.8, 4) is 11.5 Å². The molecule has 0 aromatic heterocycles. The number of benzene rings is 2. The zero-order chi connectivity index (χ0) is 16.1. The molecule has 0 aliphatic carbocycles. The average molecular weight is 330 g/mol. The maximum Gasteiger partial charge on any atom is 0.244 e. The Morgan fingerprint density at radius 2 is 1.91 bits per heavy atom. The van der Waals surface area contributed by atoms with Gasteiger partial charge >= 0.3 is 0 Å². The summed E-state index contributed by atoms with van der Waals surface area (Å²) in [7, 11) is 0. The Morgan fingerprint density at radius 3 is 2.74 bits per heavy atom. The molecule has 5 heteroatoms. The van der Waals surface area contributed by atoms with Gasteiger partial charge in [-0.25, -0.2) is 0 Å². The fraction of sp³-hybridized carbons (Fsp3) is 0.167. The van der Waals surface area contributed by atoms with E-state index >= 15 is 0 Å². The third-order valence-corrected chi connectivity index (χ3v) is 3.77. The van der Waals surface area contributed by atoms with Crippen LogP contribution in [0.25, 0.3) is 6.08 Å². The zero-order valence-corrected chi connectivity index (χ0v) is 13.2. The van der Waals surface area contributed by atoms with Crippen LogP contribution in [0.3, 0.4) is 0 Å². The first kappa shape index (κ1) is 15.4. The van der Waals surface area contributed by atoms with Crippen molar-refractivity contribution in [1.82, 2.24) is 5.32 Å². The molecule has 2 aromatic rings. The van der Waals surface area contributed by atoms with Gasteiger partial charge in [0.15, 0.2) is 11.5 Å². The normalized spacial score (nSPS) is 13.1. The van der Waals surface area contributed by atoms with Crippen molar-refractivity contribution in [2.24, 2.45) is 0 Å². The topological polar surface area (TPSA) is 47.6 Å². The number of hydrogen-bond acceptors (Lipinski definition) is 3. The molecular weight excluding hydrogens is 314 g/mol. The lowest BCUT2D eigenvalue weighted by molar-refractivity contribution is -0.116. The molecule has 1 N–H and O–H groups in total. The highest BCUT2D eigenvalue weighted by atomic mass is 35.5. The van der Waals surface area contributed by atoms with Gasteiger partial charge in [-0.3, -0.25) is 4.79 Å². The number of hydrogen-bond donors (Lipinski definition) is 1. The van der Waals surface area contributed by atoms with E-state index in [1.54, 1.807) is 12.1 Å². The molecule has 1 aliphatic rings. The molecule has 1 aliphatic heterocycles. The van der Waals surface area contributed by atoms with Gasteiger partial charge in [-0.2, -0.15) is 0 Å². The van der Waals surface area contributed by atoms with E-state index < -0.39 is 0 Å². The summed E-state index contributed by atoms with van der Waals surface area (Å²) in [5, 5.41) is 3.45. The zero-order valence-electron chi connectivity index (χ0n) is 12.4. The van der Waals surface area contributed by atoms with Crippen LogP contribution in [-0.4, -0.2) is 19.1 Å². The first-order valence-corrected chi connectivity index (χ1v) is 7.69. The first-order valence-electron chi connectivity index (χ1n) is 7.31. The highest BCUT2D eigenvalue weighted by Gasteiger charge is 2.10.